The van der Waals surface area contributed by atoms with Crippen LogP contribution in [0.25, 0.3) is 0 Å². The predicted molar refractivity (Wildman–Crippen MR) is 78.1 cm³/mol. The van der Waals surface area contributed by atoms with Crippen LogP contribution in [0.2, 0.25) is 0 Å². The molecule has 1 N–H and O–H groups in total. The van der Waals surface area contributed by atoms with Crippen molar-refractivity contribution in [3.63, 3.8) is 0 Å². The second-order valence-corrected chi connectivity index (χ2v) is 5.87. The van der Waals surface area contributed by atoms with Crippen molar-refractivity contribution in [2.24, 2.45) is 5.92 Å². The minimum Gasteiger partial charge on any atom is -0.307 e. The number of hydrogen-bond donors (Lipinski definition) is 1. The topological polar surface area (TPSA) is 15.3 Å². The number of rotatable bonds is 4. The Morgan fingerprint density at radius 3 is 2.52 bits per heavy atom. The van der Waals surface area contributed by atoms with Gasteiger partial charge in [-0.3, -0.25) is 4.90 Å². The Morgan fingerprint density at radius 2 is 1.95 bits per heavy atom. The zero-order valence-corrected chi connectivity index (χ0v) is 12.5. The largest absolute Gasteiger partial charge is 0.401 e. The van der Waals surface area contributed by atoms with Gasteiger partial charge in [0.15, 0.2) is 0 Å². The molecule has 1 aliphatic heterocycles. The van der Waals surface area contributed by atoms with Gasteiger partial charge in [-0.15, -0.1) is 0 Å². The summed E-state index contributed by atoms with van der Waals surface area (Å²) in [5, 5.41) is 3.41. The van der Waals surface area contributed by atoms with Crippen LogP contribution in [-0.2, 0) is 0 Å². The molecule has 0 spiro atoms. The average molecular weight is 300 g/mol. The second kappa shape index (κ2) is 6.79. The van der Waals surface area contributed by atoms with Crippen LogP contribution in [0.3, 0.4) is 0 Å². The van der Waals surface area contributed by atoms with E-state index in [2.05, 4.69) is 5.32 Å². The summed E-state index contributed by atoms with van der Waals surface area (Å²) in [6.45, 7) is 4.23. The zero-order valence-electron chi connectivity index (χ0n) is 12.5. The summed E-state index contributed by atoms with van der Waals surface area (Å²) in [4.78, 5) is 1.60. The number of benzene rings is 1. The van der Waals surface area contributed by atoms with Crippen molar-refractivity contribution in [3.8, 4) is 0 Å². The minimum atomic E-state index is -4.15. The van der Waals surface area contributed by atoms with E-state index in [1.807, 2.05) is 44.2 Å². The summed E-state index contributed by atoms with van der Waals surface area (Å²) >= 11 is 0. The van der Waals surface area contributed by atoms with E-state index in [1.54, 1.807) is 4.90 Å². The third-order valence-corrected chi connectivity index (χ3v) is 4.34. The van der Waals surface area contributed by atoms with Gasteiger partial charge in [-0.2, -0.15) is 13.2 Å². The Hall–Kier alpha value is -1.07. The van der Waals surface area contributed by atoms with Gasteiger partial charge in [0.25, 0.3) is 0 Å². The van der Waals surface area contributed by atoms with E-state index in [0.29, 0.717) is 13.1 Å². The number of alkyl halides is 3. The molecule has 1 saturated heterocycles. The highest BCUT2D eigenvalue weighted by Gasteiger charge is 2.38. The van der Waals surface area contributed by atoms with Crippen molar-refractivity contribution in [2.75, 3.05) is 19.6 Å². The molecule has 1 fully saturated rings. The van der Waals surface area contributed by atoms with Crippen LogP contribution in [0, 0.1) is 5.92 Å². The molecular formula is C16H23F3N2. The maximum absolute atomic E-state index is 12.8. The third-order valence-electron chi connectivity index (χ3n) is 4.34. The monoisotopic (exact) mass is 300 g/mol. The average Bonchev–Trinajstić information content (AvgIpc) is 2.45. The van der Waals surface area contributed by atoms with Crippen LogP contribution in [0.5, 0.6) is 0 Å². The fourth-order valence-electron chi connectivity index (χ4n) is 2.98. The first-order valence-electron chi connectivity index (χ1n) is 7.50. The fraction of sp³-hybridized carbons (Fsp3) is 0.625. The van der Waals surface area contributed by atoms with Gasteiger partial charge in [-0.05, 0) is 11.5 Å². The van der Waals surface area contributed by atoms with Crippen LogP contribution in [0.1, 0.15) is 31.9 Å². The Morgan fingerprint density at radius 1 is 1.29 bits per heavy atom. The van der Waals surface area contributed by atoms with Crippen LogP contribution >= 0.6 is 0 Å². The van der Waals surface area contributed by atoms with Gasteiger partial charge < -0.3 is 5.32 Å². The molecule has 0 amide bonds. The van der Waals surface area contributed by atoms with Crippen molar-refractivity contribution in [2.45, 2.75) is 38.5 Å². The summed E-state index contributed by atoms with van der Waals surface area (Å²) in [7, 11) is 0. The van der Waals surface area contributed by atoms with Crippen molar-refractivity contribution < 1.29 is 13.2 Å². The van der Waals surface area contributed by atoms with Crippen molar-refractivity contribution in [3.05, 3.63) is 35.9 Å². The molecule has 1 aromatic carbocycles. The van der Waals surface area contributed by atoms with E-state index < -0.39 is 12.7 Å². The standard InChI is InChI=1S/C16H23F3N2/c1-3-12(2)15-9-20-14(13-7-5-4-6-8-13)10-21(15)11-16(17,18)19/h4-8,12,14-15,20H,3,9-11H2,1-2H3. The van der Waals surface area contributed by atoms with Crippen LogP contribution in [0.4, 0.5) is 13.2 Å². The zero-order chi connectivity index (χ0) is 15.5. The van der Waals surface area contributed by atoms with Crippen molar-refractivity contribution >= 4 is 0 Å². The number of hydrogen-bond acceptors (Lipinski definition) is 2. The first-order chi connectivity index (χ1) is 9.90. The van der Waals surface area contributed by atoms with E-state index in [4.69, 9.17) is 0 Å². The fourth-order valence-corrected chi connectivity index (χ4v) is 2.98. The lowest BCUT2D eigenvalue weighted by Gasteiger charge is -2.43. The lowest BCUT2D eigenvalue weighted by molar-refractivity contribution is -0.156. The predicted octanol–water partition coefficient (Wildman–Crippen LogP) is 3.61. The van der Waals surface area contributed by atoms with Crippen LogP contribution < -0.4 is 5.32 Å². The molecule has 0 aromatic heterocycles. The molecule has 21 heavy (non-hydrogen) atoms. The van der Waals surface area contributed by atoms with Crippen molar-refractivity contribution in [1.82, 2.24) is 10.2 Å². The molecule has 2 rings (SSSR count). The first-order valence-corrected chi connectivity index (χ1v) is 7.50. The lowest BCUT2D eigenvalue weighted by atomic mass is 9.93. The summed E-state index contributed by atoms with van der Waals surface area (Å²) in [6.07, 6.45) is -3.26. The normalized spacial score (nSPS) is 25.8. The summed E-state index contributed by atoms with van der Waals surface area (Å²) < 4.78 is 38.5. The van der Waals surface area contributed by atoms with Crippen LogP contribution in [0.15, 0.2) is 30.3 Å². The van der Waals surface area contributed by atoms with Gasteiger partial charge >= 0.3 is 6.18 Å². The smallest absolute Gasteiger partial charge is 0.307 e. The van der Waals surface area contributed by atoms with Gasteiger partial charge in [-0.1, -0.05) is 50.6 Å². The molecule has 3 unspecified atom stereocenters. The second-order valence-electron chi connectivity index (χ2n) is 5.87. The molecule has 0 bridgehead atoms. The highest BCUT2D eigenvalue weighted by molar-refractivity contribution is 5.20. The lowest BCUT2D eigenvalue weighted by Crippen LogP contribution is -2.57. The van der Waals surface area contributed by atoms with Crippen molar-refractivity contribution in [1.29, 1.82) is 0 Å². The van der Waals surface area contributed by atoms with E-state index >= 15 is 0 Å². The number of nitrogens with zero attached hydrogens (tertiary/aromatic N) is 1. The molecular weight excluding hydrogens is 277 g/mol. The quantitative estimate of drug-likeness (QED) is 0.914. The molecule has 2 nitrogen and oxygen atoms in total. The Bertz CT molecular complexity index is 433. The third kappa shape index (κ3) is 4.45. The minimum absolute atomic E-state index is 0.0335. The summed E-state index contributed by atoms with van der Waals surface area (Å²) in [6, 6.07) is 9.60. The van der Waals surface area contributed by atoms with Gasteiger partial charge in [0.1, 0.15) is 0 Å². The molecule has 118 valence electrons. The molecule has 0 aliphatic carbocycles. The molecule has 1 aromatic rings. The molecule has 0 saturated carbocycles. The molecule has 3 atom stereocenters. The number of halogens is 3. The van der Waals surface area contributed by atoms with Gasteiger partial charge in [0, 0.05) is 25.2 Å². The summed E-state index contributed by atoms with van der Waals surface area (Å²) in [5.41, 5.74) is 1.05. The molecule has 5 heteroatoms. The van der Waals surface area contributed by atoms with Gasteiger partial charge in [0.2, 0.25) is 0 Å². The highest BCUT2D eigenvalue weighted by atomic mass is 19.4. The maximum atomic E-state index is 12.8. The number of piperazine rings is 1. The van der Waals surface area contributed by atoms with E-state index in [9.17, 15) is 13.2 Å². The van der Waals surface area contributed by atoms with Gasteiger partial charge in [0.05, 0.1) is 6.54 Å². The van der Waals surface area contributed by atoms with Gasteiger partial charge in [-0.25, -0.2) is 0 Å². The molecule has 0 radical (unpaired) electrons. The molecule has 1 heterocycles. The number of nitrogens with one attached hydrogen (secondary N) is 1. The molecule has 1 aliphatic rings. The Balaban J connectivity index is 2.12. The Kier molecular flexibility index (Phi) is 5.27. The van der Waals surface area contributed by atoms with E-state index in [1.165, 1.54) is 0 Å². The van der Waals surface area contributed by atoms with E-state index in [0.717, 1.165) is 12.0 Å². The SMILES string of the molecule is CCC(C)C1CNC(c2ccccc2)CN1CC(F)(F)F. The van der Waals surface area contributed by atoms with E-state index in [-0.39, 0.29) is 18.0 Å². The first kappa shape index (κ1) is 16.3. The Labute approximate surface area is 124 Å². The summed E-state index contributed by atoms with van der Waals surface area (Å²) in [5.74, 6) is 0.247. The highest BCUT2D eigenvalue weighted by Crippen LogP contribution is 2.28. The maximum Gasteiger partial charge on any atom is 0.401 e. The van der Waals surface area contributed by atoms with Crippen LogP contribution in [-0.4, -0.2) is 36.8 Å².